The van der Waals surface area contributed by atoms with Crippen LogP contribution in [-0.2, 0) is 21.4 Å². The van der Waals surface area contributed by atoms with Gasteiger partial charge in [-0.25, -0.2) is 13.1 Å². The van der Waals surface area contributed by atoms with Crippen LogP contribution in [0.1, 0.15) is 38.2 Å². The average Bonchev–Trinajstić information content (AvgIpc) is 2.61. The van der Waals surface area contributed by atoms with Crippen LogP contribution in [0.2, 0.25) is 0 Å². The fourth-order valence-corrected chi connectivity index (χ4v) is 4.64. The lowest BCUT2D eigenvalue weighted by Gasteiger charge is -2.26. The molecule has 1 aromatic rings. The molecule has 1 amide bonds. The number of nitrogens with one attached hydrogen (secondary N) is 2. The number of amides is 1. The normalized spacial score (nSPS) is 22.7. The van der Waals surface area contributed by atoms with Gasteiger partial charge in [0.2, 0.25) is 15.9 Å². The molecule has 0 saturated heterocycles. The largest absolute Gasteiger partial charge is 0.486 e. The Balaban J connectivity index is 1.51. The van der Waals surface area contributed by atoms with E-state index < -0.39 is 21.7 Å². The number of rotatable bonds is 6. The van der Waals surface area contributed by atoms with E-state index >= 15 is 0 Å². The number of sulfonamides is 1. The van der Waals surface area contributed by atoms with Gasteiger partial charge in [0.15, 0.2) is 11.5 Å². The van der Waals surface area contributed by atoms with Crippen LogP contribution in [0.4, 0.5) is 0 Å². The zero-order chi connectivity index (χ0) is 18.6. The number of benzene rings is 1. The van der Waals surface area contributed by atoms with Gasteiger partial charge in [-0.05, 0) is 37.7 Å². The lowest BCUT2D eigenvalue weighted by Crippen LogP contribution is -2.42. The van der Waals surface area contributed by atoms with Crippen LogP contribution in [-0.4, -0.2) is 39.3 Å². The molecule has 1 aromatic carbocycles. The first-order chi connectivity index (χ1) is 12.4. The van der Waals surface area contributed by atoms with E-state index in [2.05, 4.69) is 17.0 Å². The second kappa shape index (κ2) is 8.26. The molecule has 1 saturated carbocycles. The van der Waals surface area contributed by atoms with Gasteiger partial charge in [0.25, 0.3) is 0 Å². The number of para-hydroxylation sites is 1. The molecular formula is C18H26N2O5S. The molecule has 0 radical (unpaired) electrons. The second-order valence-electron chi connectivity index (χ2n) is 7.05. The molecule has 1 heterocycles. The number of hydrogen-bond donors (Lipinski definition) is 2. The highest BCUT2D eigenvalue weighted by Gasteiger charge is 2.25. The van der Waals surface area contributed by atoms with Crippen LogP contribution in [0, 0.1) is 5.92 Å². The lowest BCUT2D eigenvalue weighted by molar-refractivity contribution is -0.118. The Morgan fingerprint density at radius 1 is 1.15 bits per heavy atom. The van der Waals surface area contributed by atoms with Crippen LogP contribution in [0.5, 0.6) is 11.5 Å². The summed E-state index contributed by atoms with van der Waals surface area (Å²) < 4.78 is 38.2. The quantitative estimate of drug-likeness (QED) is 0.779. The number of fused-ring (bicyclic) bond motifs is 1. The molecule has 0 unspecified atom stereocenters. The summed E-state index contributed by atoms with van der Waals surface area (Å²) in [7, 11) is -3.64. The summed E-state index contributed by atoms with van der Waals surface area (Å²) in [6, 6.07) is 5.39. The molecule has 26 heavy (non-hydrogen) atoms. The predicted molar refractivity (Wildman–Crippen MR) is 97.6 cm³/mol. The Morgan fingerprint density at radius 2 is 1.88 bits per heavy atom. The van der Waals surface area contributed by atoms with Gasteiger partial charge < -0.3 is 14.8 Å². The summed E-state index contributed by atoms with van der Waals surface area (Å²) in [6.45, 7) is 3.32. The van der Waals surface area contributed by atoms with Crippen LogP contribution in [0.15, 0.2) is 18.2 Å². The van der Waals surface area contributed by atoms with Crippen LogP contribution >= 0.6 is 0 Å². The molecule has 0 aromatic heterocycles. The molecule has 8 heteroatoms. The van der Waals surface area contributed by atoms with Gasteiger partial charge in [0.05, 0.1) is 0 Å². The van der Waals surface area contributed by atoms with E-state index in [4.69, 9.17) is 9.47 Å². The van der Waals surface area contributed by atoms with E-state index in [9.17, 15) is 13.2 Å². The Morgan fingerprint density at radius 3 is 2.65 bits per heavy atom. The van der Waals surface area contributed by atoms with Crippen LogP contribution in [0.3, 0.4) is 0 Å². The van der Waals surface area contributed by atoms with Crippen molar-refractivity contribution in [3.63, 3.8) is 0 Å². The minimum absolute atomic E-state index is 0.0595. The van der Waals surface area contributed by atoms with Crippen molar-refractivity contribution in [2.24, 2.45) is 5.92 Å². The molecular weight excluding hydrogens is 356 g/mol. The monoisotopic (exact) mass is 382 g/mol. The Bertz CT molecular complexity index is 742. The highest BCUT2D eigenvalue weighted by molar-refractivity contribution is 7.90. The fraction of sp³-hybridized carbons (Fsp3) is 0.611. The van der Waals surface area contributed by atoms with Gasteiger partial charge in [-0.3, -0.25) is 4.79 Å². The Hall–Kier alpha value is -1.80. The van der Waals surface area contributed by atoms with Gasteiger partial charge in [-0.2, -0.15) is 0 Å². The maximum absolute atomic E-state index is 12.2. The second-order valence-corrected chi connectivity index (χ2v) is 8.81. The summed E-state index contributed by atoms with van der Waals surface area (Å²) in [5.74, 6) is 0.795. The summed E-state index contributed by atoms with van der Waals surface area (Å²) in [5, 5.41) is 2.66. The van der Waals surface area contributed by atoms with E-state index in [1.807, 2.05) is 12.1 Å². The van der Waals surface area contributed by atoms with Gasteiger partial charge in [-0.15, -0.1) is 0 Å². The summed E-state index contributed by atoms with van der Waals surface area (Å²) in [5.41, 5.74) is 0.766. The first-order valence-electron chi connectivity index (χ1n) is 9.07. The van der Waals surface area contributed by atoms with Gasteiger partial charge >= 0.3 is 0 Å². The van der Waals surface area contributed by atoms with Crippen molar-refractivity contribution in [3.8, 4) is 11.5 Å². The number of carbonyl (C=O) groups excluding carboxylic acids is 1. The van der Waals surface area contributed by atoms with E-state index in [0.717, 1.165) is 31.2 Å². The Labute approximate surface area is 154 Å². The zero-order valence-electron chi connectivity index (χ0n) is 15.0. The zero-order valence-corrected chi connectivity index (χ0v) is 15.8. The highest BCUT2D eigenvalue weighted by Crippen LogP contribution is 2.33. The molecule has 7 nitrogen and oxygen atoms in total. The topological polar surface area (TPSA) is 93.7 Å². The molecule has 144 valence electrons. The molecule has 2 aliphatic rings. The fourth-order valence-electron chi connectivity index (χ4n) is 3.36. The third-order valence-electron chi connectivity index (χ3n) is 4.81. The average molecular weight is 382 g/mol. The molecule has 0 spiro atoms. The first-order valence-corrected chi connectivity index (χ1v) is 10.7. The van der Waals surface area contributed by atoms with Crippen LogP contribution in [0.25, 0.3) is 0 Å². The third kappa shape index (κ3) is 5.11. The summed E-state index contributed by atoms with van der Waals surface area (Å²) >= 11 is 0. The van der Waals surface area contributed by atoms with Crippen molar-refractivity contribution in [1.29, 1.82) is 0 Å². The van der Waals surface area contributed by atoms with Crippen molar-refractivity contribution in [2.75, 3.05) is 19.0 Å². The molecule has 3 rings (SSSR count). The van der Waals surface area contributed by atoms with Crippen molar-refractivity contribution < 1.29 is 22.7 Å². The number of ether oxygens (including phenoxy) is 2. The third-order valence-corrected chi connectivity index (χ3v) is 6.14. The maximum Gasteiger partial charge on any atom is 0.236 e. The van der Waals surface area contributed by atoms with E-state index in [1.165, 1.54) is 0 Å². The Kier molecular flexibility index (Phi) is 6.03. The summed E-state index contributed by atoms with van der Waals surface area (Å²) in [6.07, 6.45) is 3.69. The maximum atomic E-state index is 12.2. The molecule has 1 fully saturated rings. The number of carbonyl (C=O) groups is 1. The van der Waals surface area contributed by atoms with Crippen molar-refractivity contribution in [3.05, 3.63) is 23.8 Å². The minimum atomic E-state index is -3.64. The van der Waals surface area contributed by atoms with Crippen molar-refractivity contribution >= 4 is 15.9 Å². The van der Waals surface area contributed by atoms with Gasteiger partial charge in [0, 0.05) is 18.2 Å². The van der Waals surface area contributed by atoms with Gasteiger partial charge in [-0.1, -0.05) is 19.1 Å². The van der Waals surface area contributed by atoms with E-state index in [0.29, 0.717) is 30.6 Å². The van der Waals surface area contributed by atoms with Crippen LogP contribution < -0.4 is 19.5 Å². The SMILES string of the molecule is CC1CCC(NS(=O)(=O)CC(=O)NCc2cccc3c2OCCO3)CC1. The van der Waals surface area contributed by atoms with Gasteiger partial charge in [0.1, 0.15) is 19.0 Å². The summed E-state index contributed by atoms with van der Waals surface area (Å²) in [4.78, 5) is 12.1. The number of hydrogen-bond acceptors (Lipinski definition) is 5. The standard InChI is InChI=1S/C18H26N2O5S/c1-13-5-7-15(8-6-13)20-26(22,23)12-17(21)19-11-14-3-2-4-16-18(14)25-10-9-24-16/h2-4,13,15,20H,5-12H2,1H3,(H,19,21). The minimum Gasteiger partial charge on any atom is -0.486 e. The predicted octanol–water partition coefficient (Wildman–Crippen LogP) is 1.57. The molecule has 0 bridgehead atoms. The first kappa shape index (κ1) is 19.0. The highest BCUT2D eigenvalue weighted by atomic mass is 32.2. The lowest BCUT2D eigenvalue weighted by atomic mass is 9.88. The molecule has 2 N–H and O–H groups in total. The molecule has 1 aliphatic carbocycles. The smallest absolute Gasteiger partial charge is 0.236 e. The van der Waals surface area contributed by atoms with E-state index in [-0.39, 0.29) is 12.6 Å². The van der Waals surface area contributed by atoms with Crippen molar-refractivity contribution in [2.45, 2.75) is 45.2 Å². The molecule has 0 atom stereocenters. The van der Waals surface area contributed by atoms with Crippen molar-refractivity contribution in [1.82, 2.24) is 10.0 Å². The van der Waals surface area contributed by atoms with E-state index in [1.54, 1.807) is 6.07 Å². The molecule has 1 aliphatic heterocycles.